The number of carbonyl (C=O) groups is 1. The number of aliphatic carboxylic acids is 1. The molecule has 5 unspecified atom stereocenters. The highest BCUT2D eigenvalue weighted by molar-refractivity contribution is 5.66. The van der Waals surface area contributed by atoms with Crippen LogP contribution in [-0.2, 0) is 4.79 Å². The summed E-state index contributed by atoms with van der Waals surface area (Å²) in [6.45, 7) is 7.16. The van der Waals surface area contributed by atoms with Gasteiger partial charge >= 0.3 is 5.97 Å². The smallest absolute Gasteiger partial charge is 0.303 e. The lowest BCUT2D eigenvalue weighted by Gasteiger charge is -2.62. The van der Waals surface area contributed by atoms with Gasteiger partial charge in [-0.05, 0) is 104 Å². The third-order valence-corrected chi connectivity index (χ3v) is 10.2. The molecule has 0 aliphatic heterocycles. The molecule has 0 aromatic heterocycles. The van der Waals surface area contributed by atoms with E-state index in [1.807, 2.05) is 0 Å². The van der Waals surface area contributed by atoms with Gasteiger partial charge in [0, 0.05) is 6.42 Å². The van der Waals surface area contributed by atoms with Gasteiger partial charge in [0.15, 0.2) is 0 Å². The molecule has 0 bridgehead atoms. The summed E-state index contributed by atoms with van der Waals surface area (Å²) in [5.74, 6) is 2.36. The average molecular weight is 393 g/mol. The third-order valence-electron chi connectivity index (χ3n) is 10.2. The zero-order chi connectivity index (χ0) is 20.3. The van der Waals surface area contributed by atoms with Gasteiger partial charge < -0.3 is 15.3 Å². The van der Waals surface area contributed by atoms with Crippen molar-refractivity contribution in [2.45, 2.75) is 97.2 Å². The van der Waals surface area contributed by atoms with Crippen LogP contribution in [0.15, 0.2) is 0 Å². The molecule has 4 rings (SSSR count). The van der Waals surface area contributed by atoms with Crippen LogP contribution < -0.4 is 0 Å². The second-order valence-corrected chi connectivity index (χ2v) is 11.4. The molecule has 0 saturated heterocycles. The molecule has 0 amide bonds. The molecule has 10 atom stereocenters. The number of aliphatic hydroxyl groups excluding tert-OH is 2. The fourth-order valence-corrected chi connectivity index (χ4v) is 8.73. The first-order valence-electron chi connectivity index (χ1n) is 11.7. The second-order valence-electron chi connectivity index (χ2n) is 11.4. The van der Waals surface area contributed by atoms with Crippen molar-refractivity contribution in [2.24, 2.45) is 46.3 Å². The zero-order valence-electron chi connectivity index (χ0n) is 17.9. The van der Waals surface area contributed by atoms with E-state index >= 15 is 0 Å². The van der Waals surface area contributed by atoms with Gasteiger partial charge in [0.25, 0.3) is 0 Å². The Morgan fingerprint density at radius 2 is 1.68 bits per heavy atom. The first kappa shape index (κ1) is 20.7. The molecule has 28 heavy (non-hydrogen) atoms. The number of carboxylic acids is 1. The predicted molar refractivity (Wildman–Crippen MR) is 109 cm³/mol. The third kappa shape index (κ3) is 3.14. The Hall–Kier alpha value is -0.610. The molecule has 0 aromatic carbocycles. The molecule has 4 aliphatic carbocycles. The lowest BCUT2D eigenvalue weighted by atomic mass is 9.43. The first-order valence-corrected chi connectivity index (χ1v) is 11.7. The molecule has 4 fully saturated rings. The molecular weight excluding hydrogens is 352 g/mol. The SMILES string of the molecule is C[C@H](CCC(=O)O)C1CC[C@H]2C3[C@H](O)CC4C[C@H](O)CCC4(C)[C@H]3CCC12C. The Bertz CT molecular complexity index is 605. The van der Waals surface area contributed by atoms with Crippen LogP contribution in [0.5, 0.6) is 0 Å². The van der Waals surface area contributed by atoms with E-state index in [4.69, 9.17) is 5.11 Å². The molecule has 0 spiro atoms. The second kappa shape index (κ2) is 7.27. The largest absolute Gasteiger partial charge is 0.481 e. The Labute approximate surface area is 170 Å². The van der Waals surface area contributed by atoms with E-state index in [2.05, 4.69) is 20.8 Å². The lowest BCUT2D eigenvalue weighted by molar-refractivity contribution is -0.174. The molecule has 4 aliphatic rings. The van der Waals surface area contributed by atoms with Crippen LogP contribution in [0.1, 0.15) is 85.0 Å². The van der Waals surface area contributed by atoms with E-state index in [-0.39, 0.29) is 29.5 Å². The van der Waals surface area contributed by atoms with E-state index in [0.717, 1.165) is 32.1 Å². The molecule has 0 radical (unpaired) electrons. The zero-order valence-corrected chi connectivity index (χ0v) is 17.9. The summed E-state index contributed by atoms with van der Waals surface area (Å²) in [6, 6.07) is 0. The minimum Gasteiger partial charge on any atom is -0.481 e. The fourth-order valence-electron chi connectivity index (χ4n) is 8.73. The quantitative estimate of drug-likeness (QED) is 0.659. The highest BCUT2D eigenvalue weighted by atomic mass is 16.4. The summed E-state index contributed by atoms with van der Waals surface area (Å²) in [5, 5.41) is 30.5. The summed E-state index contributed by atoms with van der Waals surface area (Å²) < 4.78 is 0. The summed E-state index contributed by atoms with van der Waals surface area (Å²) in [7, 11) is 0. The van der Waals surface area contributed by atoms with E-state index in [1.54, 1.807) is 0 Å². The Kier molecular flexibility index (Phi) is 5.36. The van der Waals surface area contributed by atoms with Crippen molar-refractivity contribution in [3.8, 4) is 0 Å². The Balaban J connectivity index is 1.55. The molecule has 4 nitrogen and oxygen atoms in total. The maximum atomic E-state index is 11.2. The maximum Gasteiger partial charge on any atom is 0.303 e. The van der Waals surface area contributed by atoms with E-state index in [0.29, 0.717) is 35.5 Å². The highest BCUT2D eigenvalue weighted by Crippen LogP contribution is 2.68. The van der Waals surface area contributed by atoms with Crippen LogP contribution in [0.3, 0.4) is 0 Å². The van der Waals surface area contributed by atoms with Crippen LogP contribution in [0.2, 0.25) is 0 Å². The van der Waals surface area contributed by atoms with Gasteiger partial charge in [0.05, 0.1) is 12.2 Å². The van der Waals surface area contributed by atoms with E-state index in [1.165, 1.54) is 25.7 Å². The van der Waals surface area contributed by atoms with E-state index < -0.39 is 5.97 Å². The fraction of sp³-hybridized carbons (Fsp3) is 0.958. The van der Waals surface area contributed by atoms with Crippen molar-refractivity contribution >= 4 is 5.97 Å². The van der Waals surface area contributed by atoms with Gasteiger partial charge in [0.1, 0.15) is 0 Å². The van der Waals surface area contributed by atoms with Gasteiger partial charge in [-0.1, -0.05) is 20.8 Å². The number of hydrogen-bond donors (Lipinski definition) is 3. The van der Waals surface area contributed by atoms with Gasteiger partial charge in [0.2, 0.25) is 0 Å². The average Bonchev–Trinajstić information content (AvgIpc) is 2.98. The molecule has 3 N–H and O–H groups in total. The Morgan fingerprint density at radius 3 is 2.39 bits per heavy atom. The van der Waals surface area contributed by atoms with Crippen LogP contribution in [-0.4, -0.2) is 33.5 Å². The lowest BCUT2D eigenvalue weighted by Crippen LogP contribution is -2.58. The topological polar surface area (TPSA) is 77.8 Å². The first-order chi connectivity index (χ1) is 13.2. The summed E-state index contributed by atoms with van der Waals surface area (Å²) in [5.41, 5.74) is 0.523. The number of aliphatic hydroxyl groups is 2. The molecule has 0 heterocycles. The van der Waals surface area contributed by atoms with Crippen molar-refractivity contribution in [1.82, 2.24) is 0 Å². The number of carboxylic acid groups (broad SMARTS) is 1. The van der Waals surface area contributed by atoms with Crippen molar-refractivity contribution in [3.05, 3.63) is 0 Å². The number of hydrogen-bond acceptors (Lipinski definition) is 3. The van der Waals surface area contributed by atoms with Gasteiger partial charge in [-0.2, -0.15) is 0 Å². The van der Waals surface area contributed by atoms with Crippen LogP contribution in [0.25, 0.3) is 0 Å². The molecular formula is C24H40O4. The highest BCUT2D eigenvalue weighted by Gasteiger charge is 2.62. The monoisotopic (exact) mass is 392 g/mol. The number of fused-ring (bicyclic) bond motifs is 5. The molecule has 0 aromatic rings. The maximum absolute atomic E-state index is 11.2. The summed E-state index contributed by atoms with van der Waals surface area (Å²) in [6.07, 6.45) is 9.19. The van der Waals surface area contributed by atoms with Crippen molar-refractivity contribution in [3.63, 3.8) is 0 Å². The van der Waals surface area contributed by atoms with Crippen molar-refractivity contribution in [1.29, 1.82) is 0 Å². The Morgan fingerprint density at radius 1 is 1.00 bits per heavy atom. The van der Waals surface area contributed by atoms with Crippen LogP contribution >= 0.6 is 0 Å². The van der Waals surface area contributed by atoms with Crippen LogP contribution in [0.4, 0.5) is 0 Å². The molecule has 160 valence electrons. The predicted octanol–water partition coefficient (Wildman–Crippen LogP) is 4.48. The minimum absolute atomic E-state index is 0.179. The minimum atomic E-state index is -0.684. The van der Waals surface area contributed by atoms with Gasteiger partial charge in [-0.15, -0.1) is 0 Å². The van der Waals surface area contributed by atoms with Gasteiger partial charge in [-0.3, -0.25) is 4.79 Å². The summed E-state index contributed by atoms with van der Waals surface area (Å²) in [4.78, 5) is 11.1. The van der Waals surface area contributed by atoms with E-state index in [9.17, 15) is 15.0 Å². The van der Waals surface area contributed by atoms with Gasteiger partial charge in [-0.25, -0.2) is 0 Å². The molecule has 4 saturated carbocycles. The normalized spacial score (nSPS) is 51.7. The molecule has 4 heteroatoms. The van der Waals surface area contributed by atoms with Crippen molar-refractivity contribution < 1.29 is 20.1 Å². The summed E-state index contributed by atoms with van der Waals surface area (Å²) >= 11 is 0. The standard InChI is InChI=1S/C24H40O4/c1-14(4-7-21(27)28)17-5-6-18-22-19(9-11-24(17,18)3)23(2)10-8-16(25)12-15(23)13-20(22)26/h14-20,22,25-26H,4-13H2,1-3H3,(H,27,28)/t14-,15?,16-,17?,18+,19+,20-,22?,23?,24?/m1/s1. The number of rotatable bonds is 4. The van der Waals surface area contributed by atoms with Crippen LogP contribution in [0, 0.1) is 46.3 Å². The van der Waals surface area contributed by atoms with Crippen molar-refractivity contribution in [2.75, 3.05) is 0 Å².